The van der Waals surface area contributed by atoms with Gasteiger partial charge in [0.05, 0.1) is 0 Å². The Morgan fingerprint density at radius 3 is 2.17 bits per heavy atom. The minimum atomic E-state index is 0.395. The van der Waals surface area contributed by atoms with E-state index in [9.17, 15) is 0 Å². The SMILES string of the molecule is CSc1cc(SC)nc(COc2ccccc2)n1. The summed E-state index contributed by atoms with van der Waals surface area (Å²) in [6, 6.07) is 11.7. The van der Waals surface area contributed by atoms with Crippen LogP contribution in [0.4, 0.5) is 0 Å². The molecule has 0 bridgehead atoms. The Hall–Kier alpha value is -1.20. The van der Waals surface area contributed by atoms with Crippen molar-refractivity contribution in [2.45, 2.75) is 16.7 Å². The highest BCUT2D eigenvalue weighted by Crippen LogP contribution is 2.19. The summed E-state index contributed by atoms with van der Waals surface area (Å²) in [5, 5.41) is 1.95. The number of hydrogen-bond acceptors (Lipinski definition) is 5. The molecule has 0 atom stereocenters. The summed E-state index contributed by atoms with van der Waals surface area (Å²) in [6.07, 6.45) is 4.02. The van der Waals surface area contributed by atoms with Gasteiger partial charge in [0.15, 0.2) is 5.82 Å². The molecule has 0 aliphatic rings. The lowest BCUT2D eigenvalue weighted by molar-refractivity contribution is 0.293. The number of nitrogens with zero attached hydrogens (tertiary/aromatic N) is 2. The van der Waals surface area contributed by atoms with Crippen LogP contribution in [0.5, 0.6) is 5.75 Å². The van der Waals surface area contributed by atoms with E-state index in [4.69, 9.17) is 4.74 Å². The average Bonchev–Trinajstić information content (AvgIpc) is 2.45. The van der Waals surface area contributed by atoms with Crippen LogP contribution < -0.4 is 4.74 Å². The van der Waals surface area contributed by atoms with Gasteiger partial charge in [-0.2, -0.15) is 0 Å². The van der Waals surface area contributed by atoms with Crippen molar-refractivity contribution in [2.75, 3.05) is 12.5 Å². The molecule has 0 N–H and O–H groups in total. The van der Waals surface area contributed by atoms with Crippen molar-refractivity contribution in [3.05, 3.63) is 42.2 Å². The molecule has 2 rings (SSSR count). The van der Waals surface area contributed by atoms with Crippen LogP contribution in [-0.2, 0) is 6.61 Å². The lowest BCUT2D eigenvalue weighted by Gasteiger charge is -2.07. The van der Waals surface area contributed by atoms with Crippen LogP contribution >= 0.6 is 23.5 Å². The van der Waals surface area contributed by atoms with E-state index in [0.717, 1.165) is 21.6 Å². The topological polar surface area (TPSA) is 35.0 Å². The molecule has 0 aliphatic carbocycles. The summed E-state index contributed by atoms with van der Waals surface area (Å²) in [6.45, 7) is 0.395. The minimum Gasteiger partial charge on any atom is -0.486 e. The Bertz CT molecular complexity index is 483. The maximum absolute atomic E-state index is 5.65. The fraction of sp³-hybridized carbons (Fsp3) is 0.231. The van der Waals surface area contributed by atoms with Crippen molar-refractivity contribution in [1.29, 1.82) is 0 Å². The fourth-order valence-corrected chi connectivity index (χ4v) is 2.31. The van der Waals surface area contributed by atoms with Gasteiger partial charge in [-0.05, 0) is 24.6 Å². The Morgan fingerprint density at radius 2 is 1.61 bits per heavy atom. The standard InChI is InChI=1S/C13H14N2OS2/c1-17-12-8-13(18-2)15-11(14-12)9-16-10-6-4-3-5-7-10/h3-8H,9H2,1-2H3. The molecule has 3 nitrogen and oxygen atoms in total. The van der Waals surface area contributed by atoms with Crippen molar-refractivity contribution < 1.29 is 4.74 Å². The van der Waals surface area contributed by atoms with Gasteiger partial charge in [0, 0.05) is 6.07 Å². The van der Waals surface area contributed by atoms with Crippen molar-refractivity contribution in [3.63, 3.8) is 0 Å². The number of para-hydroxylation sites is 1. The highest BCUT2D eigenvalue weighted by atomic mass is 32.2. The smallest absolute Gasteiger partial charge is 0.168 e. The van der Waals surface area contributed by atoms with Crippen LogP contribution in [0, 0.1) is 0 Å². The highest BCUT2D eigenvalue weighted by molar-refractivity contribution is 7.99. The molecule has 0 unspecified atom stereocenters. The van der Waals surface area contributed by atoms with Gasteiger partial charge in [-0.25, -0.2) is 9.97 Å². The third-order valence-corrected chi connectivity index (χ3v) is 3.51. The maximum atomic E-state index is 5.65. The molecule has 0 spiro atoms. The molecule has 0 amide bonds. The summed E-state index contributed by atoms with van der Waals surface area (Å²) in [4.78, 5) is 8.86. The zero-order chi connectivity index (χ0) is 12.8. The molecule has 1 heterocycles. The largest absolute Gasteiger partial charge is 0.486 e. The van der Waals surface area contributed by atoms with E-state index in [1.165, 1.54) is 0 Å². The number of thioether (sulfide) groups is 2. The van der Waals surface area contributed by atoms with E-state index < -0.39 is 0 Å². The van der Waals surface area contributed by atoms with E-state index >= 15 is 0 Å². The number of benzene rings is 1. The second-order valence-corrected chi connectivity index (χ2v) is 5.12. The molecular formula is C13H14N2OS2. The lowest BCUT2D eigenvalue weighted by atomic mass is 10.3. The summed E-state index contributed by atoms with van der Waals surface area (Å²) < 4.78 is 5.65. The quantitative estimate of drug-likeness (QED) is 0.618. The van der Waals surface area contributed by atoms with Crippen molar-refractivity contribution in [1.82, 2.24) is 9.97 Å². The monoisotopic (exact) mass is 278 g/mol. The first-order valence-corrected chi connectivity index (χ1v) is 7.90. The van der Waals surface area contributed by atoms with E-state index in [2.05, 4.69) is 9.97 Å². The molecular weight excluding hydrogens is 264 g/mol. The fourth-order valence-electron chi connectivity index (χ4n) is 1.39. The van der Waals surface area contributed by atoms with Gasteiger partial charge in [0.25, 0.3) is 0 Å². The van der Waals surface area contributed by atoms with E-state index in [1.54, 1.807) is 23.5 Å². The number of ether oxygens (including phenoxy) is 1. The normalized spacial score (nSPS) is 10.3. The number of rotatable bonds is 5. The van der Waals surface area contributed by atoms with E-state index in [1.807, 2.05) is 48.9 Å². The zero-order valence-electron chi connectivity index (χ0n) is 10.3. The number of aromatic nitrogens is 2. The van der Waals surface area contributed by atoms with Gasteiger partial charge >= 0.3 is 0 Å². The minimum absolute atomic E-state index is 0.395. The van der Waals surface area contributed by atoms with Crippen LogP contribution in [-0.4, -0.2) is 22.5 Å². The molecule has 0 saturated carbocycles. The van der Waals surface area contributed by atoms with Crippen LogP contribution in [0.15, 0.2) is 46.5 Å². The molecule has 5 heteroatoms. The Kier molecular flexibility index (Phi) is 4.90. The van der Waals surface area contributed by atoms with Gasteiger partial charge in [-0.3, -0.25) is 0 Å². The molecule has 0 saturated heterocycles. The maximum Gasteiger partial charge on any atom is 0.168 e. The van der Waals surface area contributed by atoms with Crippen molar-refractivity contribution in [2.24, 2.45) is 0 Å². The molecule has 0 radical (unpaired) electrons. The lowest BCUT2D eigenvalue weighted by Crippen LogP contribution is -2.03. The van der Waals surface area contributed by atoms with E-state index in [-0.39, 0.29) is 0 Å². The summed E-state index contributed by atoms with van der Waals surface area (Å²) >= 11 is 3.23. The highest BCUT2D eigenvalue weighted by Gasteiger charge is 2.04. The van der Waals surface area contributed by atoms with Gasteiger partial charge in [-0.1, -0.05) is 18.2 Å². The van der Waals surface area contributed by atoms with Gasteiger partial charge in [-0.15, -0.1) is 23.5 Å². The number of hydrogen-bond donors (Lipinski definition) is 0. The van der Waals surface area contributed by atoms with Crippen LogP contribution in [0.3, 0.4) is 0 Å². The first kappa shape index (κ1) is 13.2. The molecule has 0 aliphatic heterocycles. The molecule has 1 aromatic heterocycles. The summed E-state index contributed by atoms with van der Waals surface area (Å²) in [5.41, 5.74) is 0. The van der Waals surface area contributed by atoms with Gasteiger partial charge in [0.2, 0.25) is 0 Å². The Balaban J connectivity index is 2.09. The van der Waals surface area contributed by atoms with Crippen LogP contribution in [0.1, 0.15) is 5.82 Å². The predicted molar refractivity (Wildman–Crippen MR) is 76.4 cm³/mol. The third kappa shape index (κ3) is 3.65. The van der Waals surface area contributed by atoms with Gasteiger partial charge < -0.3 is 4.74 Å². The van der Waals surface area contributed by atoms with Crippen LogP contribution in [0.25, 0.3) is 0 Å². The second kappa shape index (κ2) is 6.66. The van der Waals surface area contributed by atoms with Crippen molar-refractivity contribution in [3.8, 4) is 5.75 Å². The average molecular weight is 278 g/mol. The molecule has 94 valence electrons. The molecule has 18 heavy (non-hydrogen) atoms. The van der Waals surface area contributed by atoms with Gasteiger partial charge in [0.1, 0.15) is 22.4 Å². The molecule has 1 aromatic carbocycles. The molecule has 2 aromatic rings. The first-order valence-electron chi connectivity index (χ1n) is 5.45. The second-order valence-electron chi connectivity index (χ2n) is 3.47. The van der Waals surface area contributed by atoms with E-state index in [0.29, 0.717) is 6.61 Å². The van der Waals surface area contributed by atoms with Crippen molar-refractivity contribution >= 4 is 23.5 Å². The zero-order valence-corrected chi connectivity index (χ0v) is 11.9. The Labute approximate surface area is 115 Å². The Morgan fingerprint density at radius 1 is 1.00 bits per heavy atom. The first-order chi connectivity index (χ1) is 8.81. The predicted octanol–water partition coefficient (Wildman–Crippen LogP) is 3.50. The third-order valence-electron chi connectivity index (χ3n) is 2.25. The summed E-state index contributed by atoms with van der Waals surface area (Å²) in [5.74, 6) is 1.55. The van der Waals surface area contributed by atoms with Crippen LogP contribution in [0.2, 0.25) is 0 Å². The molecule has 0 fully saturated rings. The summed E-state index contributed by atoms with van der Waals surface area (Å²) in [7, 11) is 0.